The molecule has 2 atom stereocenters. The van der Waals surface area contributed by atoms with Crippen LogP contribution in [0.5, 0.6) is 5.75 Å². The lowest BCUT2D eigenvalue weighted by atomic mass is 9.74. The SMILES string of the molecule is C=PNN1CCCC2c3cccc(O)c3CCC21. The summed E-state index contributed by atoms with van der Waals surface area (Å²) in [6.45, 7) is 1.11. The van der Waals surface area contributed by atoms with Gasteiger partial charge in [-0.3, -0.25) is 0 Å². The van der Waals surface area contributed by atoms with Crippen molar-refractivity contribution in [3.05, 3.63) is 29.3 Å². The summed E-state index contributed by atoms with van der Waals surface area (Å²) in [6.07, 6.45) is 8.40. The van der Waals surface area contributed by atoms with E-state index in [-0.39, 0.29) is 0 Å². The average molecular weight is 262 g/mol. The van der Waals surface area contributed by atoms with E-state index in [2.05, 4.69) is 22.6 Å². The molecule has 1 aliphatic carbocycles. The van der Waals surface area contributed by atoms with E-state index in [0.717, 1.165) is 27.7 Å². The molecule has 0 amide bonds. The molecular formula is C14H19N2OP. The average Bonchev–Trinajstić information content (AvgIpc) is 2.40. The Morgan fingerprint density at radius 2 is 2.28 bits per heavy atom. The maximum Gasteiger partial charge on any atom is 0.119 e. The predicted molar refractivity (Wildman–Crippen MR) is 76.1 cm³/mol. The Morgan fingerprint density at radius 3 is 3.11 bits per heavy atom. The van der Waals surface area contributed by atoms with Gasteiger partial charge in [-0.25, -0.2) is 10.2 Å². The number of nitrogens with one attached hydrogen (secondary N) is 1. The molecule has 0 radical (unpaired) electrons. The number of piperidine rings is 1. The second-order valence-electron chi connectivity index (χ2n) is 5.15. The van der Waals surface area contributed by atoms with Crippen LogP contribution in [0, 0.1) is 0 Å². The van der Waals surface area contributed by atoms with E-state index in [4.69, 9.17) is 0 Å². The highest BCUT2D eigenvalue weighted by atomic mass is 31.1. The fourth-order valence-electron chi connectivity index (χ4n) is 3.50. The van der Waals surface area contributed by atoms with Crippen molar-refractivity contribution in [2.45, 2.75) is 37.6 Å². The summed E-state index contributed by atoms with van der Waals surface area (Å²) in [5.74, 6) is 1.04. The lowest BCUT2D eigenvalue weighted by Crippen LogP contribution is -2.50. The van der Waals surface area contributed by atoms with E-state index in [0.29, 0.717) is 17.7 Å². The monoisotopic (exact) mass is 262 g/mol. The van der Waals surface area contributed by atoms with E-state index >= 15 is 0 Å². The van der Waals surface area contributed by atoms with E-state index < -0.39 is 0 Å². The van der Waals surface area contributed by atoms with Crippen molar-refractivity contribution in [1.29, 1.82) is 0 Å². The minimum atomic E-state index is 0.478. The number of hydrazine groups is 1. The van der Waals surface area contributed by atoms with Crippen molar-refractivity contribution in [1.82, 2.24) is 10.2 Å². The number of hydrogen-bond donors (Lipinski definition) is 2. The first-order chi connectivity index (χ1) is 8.81. The van der Waals surface area contributed by atoms with Crippen molar-refractivity contribution in [3.8, 4) is 5.75 Å². The van der Waals surface area contributed by atoms with E-state index in [9.17, 15) is 5.11 Å². The summed E-state index contributed by atoms with van der Waals surface area (Å²) in [5, 5.41) is 15.7. The molecule has 0 bridgehead atoms. The first kappa shape index (κ1) is 12.2. The van der Waals surface area contributed by atoms with Gasteiger partial charge in [0.05, 0.1) is 0 Å². The topological polar surface area (TPSA) is 35.5 Å². The molecule has 96 valence electrons. The van der Waals surface area contributed by atoms with Crippen LogP contribution in [0.25, 0.3) is 0 Å². The maximum atomic E-state index is 9.98. The van der Waals surface area contributed by atoms with Crippen LogP contribution in [0.2, 0.25) is 0 Å². The summed E-state index contributed by atoms with van der Waals surface area (Å²) in [6, 6.07) is 6.54. The van der Waals surface area contributed by atoms with Crippen LogP contribution < -0.4 is 5.20 Å². The van der Waals surface area contributed by atoms with Crippen LogP contribution in [0.15, 0.2) is 18.2 Å². The molecule has 2 N–H and O–H groups in total. The number of benzene rings is 1. The number of fused-ring (bicyclic) bond motifs is 3. The highest BCUT2D eigenvalue weighted by Gasteiger charge is 2.36. The van der Waals surface area contributed by atoms with Gasteiger partial charge in [-0.1, -0.05) is 18.4 Å². The molecule has 1 aliphatic heterocycles. The van der Waals surface area contributed by atoms with E-state index in [1.807, 2.05) is 12.1 Å². The third-order valence-corrected chi connectivity index (χ3v) is 4.65. The molecule has 0 saturated carbocycles. The van der Waals surface area contributed by atoms with Crippen LogP contribution in [0.4, 0.5) is 0 Å². The number of hydrogen-bond acceptors (Lipinski definition) is 3. The van der Waals surface area contributed by atoms with Gasteiger partial charge in [0.2, 0.25) is 0 Å². The first-order valence-corrected chi connectivity index (χ1v) is 7.68. The zero-order chi connectivity index (χ0) is 12.5. The molecule has 3 rings (SSSR count). The van der Waals surface area contributed by atoms with Gasteiger partial charge in [0, 0.05) is 18.5 Å². The van der Waals surface area contributed by atoms with Crippen molar-refractivity contribution < 1.29 is 5.11 Å². The van der Waals surface area contributed by atoms with Crippen LogP contribution in [-0.4, -0.2) is 29.0 Å². The highest BCUT2D eigenvalue weighted by molar-refractivity contribution is 7.34. The molecule has 0 aromatic heterocycles. The quantitative estimate of drug-likeness (QED) is 0.804. The Balaban J connectivity index is 1.94. The van der Waals surface area contributed by atoms with Gasteiger partial charge < -0.3 is 5.11 Å². The van der Waals surface area contributed by atoms with Crippen LogP contribution in [0.1, 0.15) is 36.3 Å². The van der Waals surface area contributed by atoms with Gasteiger partial charge in [-0.05, 0) is 51.2 Å². The Hall–Kier alpha value is -0.890. The number of phenolic OH excluding ortho intramolecular Hbond substituents is 1. The molecule has 1 aromatic rings. The Kier molecular flexibility index (Phi) is 3.38. The van der Waals surface area contributed by atoms with Crippen LogP contribution in [-0.2, 0) is 6.42 Å². The molecule has 1 aromatic carbocycles. The smallest absolute Gasteiger partial charge is 0.119 e. The minimum Gasteiger partial charge on any atom is -0.508 e. The standard InChI is InChI=1S/C14H19N2OP/c1-18-15-16-9-3-5-11-10-4-2-6-14(17)12(10)7-8-13(11)16/h2,4,6,11,13,15,17H,1,3,5,7-9H2. The summed E-state index contributed by atoms with van der Waals surface area (Å²) >= 11 is 0. The molecule has 4 heteroatoms. The fourth-order valence-corrected chi connectivity index (χ4v) is 3.93. The zero-order valence-electron chi connectivity index (χ0n) is 10.5. The van der Waals surface area contributed by atoms with Gasteiger partial charge in [0.15, 0.2) is 0 Å². The lowest BCUT2D eigenvalue weighted by molar-refractivity contribution is 0.0931. The van der Waals surface area contributed by atoms with Crippen LogP contribution >= 0.6 is 8.35 Å². The number of rotatable bonds is 2. The molecule has 1 heterocycles. The third-order valence-electron chi connectivity index (χ3n) is 4.26. The normalized spacial score (nSPS) is 27.8. The molecule has 18 heavy (non-hydrogen) atoms. The van der Waals surface area contributed by atoms with E-state index in [1.165, 1.54) is 24.0 Å². The highest BCUT2D eigenvalue weighted by Crippen LogP contribution is 2.42. The van der Waals surface area contributed by atoms with Crippen molar-refractivity contribution in [3.63, 3.8) is 0 Å². The molecule has 2 unspecified atom stereocenters. The lowest BCUT2D eigenvalue weighted by Gasteiger charge is -2.44. The van der Waals surface area contributed by atoms with Gasteiger partial charge in [0.1, 0.15) is 5.75 Å². The summed E-state index contributed by atoms with van der Waals surface area (Å²) in [5.41, 5.74) is 2.53. The Labute approximate surface area is 110 Å². The van der Waals surface area contributed by atoms with Gasteiger partial charge >= 0.3 is 0 Å². The Bertz CT molecular complexity index is 463. The summed E-state index contributed by atoms with van der Waals surface area (Å²) < 4.78 is 0. The second kappa shape index (κ2) is 5.00. The van der Waals surface area contributed by atoms with Gasteiger partial charge in [-0.15, -0.1) is 0 Å². The number of phenols is 1. The van der Waals surface area contributed by atoms with Crippen molar-refractivity contribution >= 4 is 14.7 Å². The van der Waals surface area contributed by atoms with Gasteiger partial charge in [0.25, 0.3) is 0 Å². The van der Waals surface area contributed by atoms with Crippen LogP contribution in [0.3, 0.4) is 0 Å². The van der Waals surface area contributed by atoms with Crippen molar-refractivity contribution in [2.75, 3.05) is 6.54 Å². The third kappa shape index (κ3) is 1.97. The summed E-state index contributed by atoms with van der Waals surface area (Å²) in [7, 11) is 0.972. The first-order valence-electron chi connectivity index (χ1n) is 6.60. The molecule has 0 spiro atoms. The predicted octanol–water partition coefficient (Wildman–Crippen LogP) is 2.68. The molecule has 1 fully saturated rings. The number of nitrogens with zero attached hydrogens (tertiary/aromatic N) is 1. The largest absolute Gasteiger partial charge is 0.508 e. The zero-order valence-corrected chi connectivity index (χ0v) is 11.4. The van der Waals surface area contributed by atoms with Crippen molar-refractivity contribution in [2.24, 2.45) is 0 Å². The molecule has 2 aliphatic rings. The summed E-state index contributed by atoms with van der Waals surface area (Å²) in [4.78, 5) is 0. The fraction of sp³-hybridized carbons (Fsp3) is 0.500. The molecule has 1 saturated heterocycles. The maximum absolute atomic E-state index is 9.98. The minimum absolute atomic E-state index is 0.478. The molecular weight excluding hydrogens is 243 g/mol. The second-order valence-corrected chi connectivity index (χ2v) is 5.67. The van der Waals surface area contributed by atoms with E-state index in [1.54, 1.807) is 0 Å². The molecule has 3 nitrogen and oxygen atoms in total. The Morgan fingerprint density at radius 1 is 1.39 bits per heavy atom. The number of aromatic hydroxyl groups is 1. The van der Waals surface area contributed by atoms with Gasteiger partial charge in [-0.2, -0.15) is 0 Å².